The fraction of sp³-hybridized carbons (Fsp3) is 0.909. The highest BCUT2D eigenvalue weighted by molar-refractivity contribution is 7.99. The van der Waals surface area contributed by atoms with E-state index in [1.807, 2.05) is 13.8 Å². The molecule has 0 N–H and O–H groups in total. The Kier molecular flexibility index (Phi) is 18.2. The lowest BCUT2D eigenvalue weighted by atomic mass is 10.1. The Bertz CT molecular complexity index is 339. The lowest BCUT2D eigenvalue weighted by molar-refractivity contribution is -0.148. The molecule has 0 unspecified atom stereocenters. The van der Waals surface area contributed by atoms with Gasteiger partial charge in [-0.1, -0.05) is 52.4 Å². The molecule has 0 bridgehead atoms. The second-order valence-electron chi connectivity index (χ2n) is 7.41. The third-order valence-electron chi connectivity index (χ3n) is 4.49. The summed E-state index contributed by atoms with van der Waals surface area (Å²) in [6, 6.07) is 0. The van der Waals surface area contributed by atoms with Gasteiger partial charge in [0.1, 0.15) is 0 Å². The highest BCUT2D eigenvalue weighted by Gasteiger charge is 2.11. The molecule has 0 spiro atoms. The third-order valence-corrected chi connectivity index (χ3v) is 5.48. The largest absolute Gasteiger partial charge is 0.463 e. The maximum atomic E-state index is 11.8. The third kappa shape index (κ3) is 18.4. The van der Waals surface area contributed by atoms with E-state index in [1.54, 1.807) is 11.8 Å². The van der Waals surface area contributed by atoms with Crippen molar-refractivity contribution in [1.29, 1.82) is 0 Å². The summed E-state index contributed by atoms with van der Waals surface area (Å²) in [6.45, 7) is 8.32. The molecule has 0 saturated heterocycles. The van der Waals surface area contributed by atoms with Crippen LogP contribution in [-0.2, 0) is 19.1 Å². The number of rotatable bonds is 18. The first-order chi connectivity index (χ1) is 13.0. The van der Waals surface area contributed by atoms with Crippen LogP contribution in [0.5, 0.6) is 0 Å². The van der Waals surface area contributed by atoms with Crippen LogP contribution >= 0.6 is 11.8 Å². The number of carbonyl (C=O) groups is 2. The second-order valence-corrected chi connectivity index (χ2v) is 8.64. The van der Waals surface area contributed by atoms with Crippen molar-refractivity contribution in [1.82, 2.24) is 0 Å². The minimum Gasteiger partial charge on any atom is -0.463 e. The molecule has 5 heteroatoms. The number of hydrogen-bond acceptors (Lipinski definition) is 5. The molecule has 0 aromatic carbocycles. The summed E-state index contributed by atoms with van der Waals surface area (Å²) in [4.78, 5) is 23.6. The number of esters is 2. The molecule has 0 amide bonds. The molecule has 4 nitrogen and oxygen atoms in total. The Morgan fingerprint density at radius 1 is 0.704 bits per heavy atom. The molecule has 0 aliphatic carbocycles. The van der Waals surface area contributed by atoms with Crippen molar-refractivity contribution in [2.24, 2.45) is 0 Å². The molecule has 2 atom stereocenters. The van der Waals surface area contributed by atoms with E-state index >= 15 is 0 Å². The lowest BCUT2D eigenvalue weighted by Crippen LogP contribution is -2.16. The average Bonchev–Trinajstić information content (AvgIpc) is 2.62. The SMILES string of the molecule is CCCCCC[C@@H](C)OC(=O)CCSCCC(=O)O[C@H](C)CCCCCC. The average molecular weight is 403 g/mol. The molecule has 0 aromatic rings. The van der Waals surface area contributed by atoms with Crippen molar-refractivity contribution in [3.05, 3.63) is 0 Å². The molecule has 0 radical (unpaired) electrons. The Morgan fingerprint density at radius 2 is 1.11 bits per heavy atom. The monoisotopic (exact) mass is 402 g/mol. The summed E-state index contributed by atoms with van der Waals surface area (Å²) in [5.74, 6) is 1.13. The van der Waals surface area contributed by atoms with E-state index in [4.69, 9.17) is 9.47 Å². The predicted octanol–water partition coefficient (Wildman–Crippen LogP) is 6.30. The van der Waals surface area contributed by atoms with E-state index in [9.17, 15) is 9.59 Å². The number of hydrogen-bond donors (Lipinski definition) is 0. The molecular formula is C22H42O4S. The molecule has 0 aromatic heterocycles. The molecule has 27 heavy (non-hydrogen) atoms. The van der Waals surface area contributed by atoms with Gasteiger partial charge >= 0.3 is 11.9 Å². The first kappa shape index (κ1) is 26.3. The molecule has 0 fully saturated rings. The summed E-state index contributed by atoms with van der Waals surface area (Å²) in [6.07, 6.45) is 12.3. The van der Waals surface area contributed by atoms with Crippen LogP contribution < -0.4 is 0 Å². The Labute approximate surface area is 171 Å². The van der Waals surface area contributed by atoms with Crippen molar-refractivity contribution in [2.75, 3.05) is 11.5 Å². The van der Waals surface area contributed by atoms with Crippen molar-refractivity contribution in [2.45, 2.75) is 117 Å². The van der Waals surface area contributed by atoms with Gasteiger partial charge in [0.2, 0.25) is 0 Å². The van der Waals surface area contributed by atoms with Crippen molar-refractivity contribution >= 4 is 23.7 Å². The summed E-state index contributed by atoms with van der Waals surface area (Å²) in [5.41, 5.74) is 0. The molecule has 0 saturated carbocycles. The Morgan fingerprint density at radius 3 is 1.48 bits per heavy atom. The van der Waals surface area contributed by atoms with Crippen LogP contribution in [0.2, 0.25) is 0 Å². The maximum absolute atomic E-state index is 11.8. The van der Waals surface area contributed by atoms with Gasteiger partial charge in [0.25, 0.3) is 0 Å². The van der Waals surface area contributed by atoms with Crippen LogP contribution in [-0.4, -0.2) is 35.7 Å². The number of thioether (sulfide) groups is 1. The summed E-state index contributed by atoms with van der Waals surface area (Å²) < 4.78 is 10.8. The van der Waals surface area contributed by atoms with E-state index in [2.05, 4.69) is 13.8 Å². The van der Waals surface area contributed by atoms with Crippen LogP contribution in [0.1, 0.15) is 105 Å². The van der Waals surface area contributed by atoms with Crippen LogP contribution in [0.25, 0.3) is 0 Å². The minimum absolute atomic E-state index is 0.00754. The van der Waals surface area contributed by atoms with Gasteiger partial charge in [0, 0.05) is 11.5 Å². The Hall–Kier alpha value is -0.710. The number of unbranched alkanes of at least 4 members (excludes halogenated alkanes) is 6. The van der Waals surface area contributed by atoms with Crippen molar-refractivity contribution < 1.29 is 19.1 Å². The zero-order valence-electron chi connectivity index (χ0n) is 18.1. The fourth-order valence-electron chi connectivity index (χ4n) is 2.81. The summed E-state index contributed by atoms with van der Waals surface area (Å²) >= 11 is 1.61. The van der Waals surface area contributed by atoms with E-state index in [0.717, 1.165) is 25.7 Å². The van der Waals surface area contributed by atoms with Crippen LogP contribution in [0.4, 0.5) is 0 Å². The molecular weight excluding hydrogens is 360 g/mol. The molecule has 0 rings (SSSR count). The first-order valence-electron chi connectivity index (χ1n) is 11.0. The summed E-state index contributed by atoms with van der Waals surface area (Å²) in [7, 11) is 0. The Balaban J connectivity index is 3.57. The zero-order valence-corrected chi connectivity index (χ0v) is 18.9. The van der Waals surface area contributed by atoms with E-state index in [1.165, 1.54) is 38.5 Å². The topological polar surface area (TPSA) is 52.6 Å². The van der Waals surface area contributed by atoms with Crippen molar-refractivity contribution in [3.8, 4) is 0 Å². The van der Waals surface area contributed by atoms with Gasteiger partial charge in [-0.3, -0.25) is 9.59 Å². The maximum Gasteiger partial charge on any atom is 0.306 e. The second kappa shape index (κ2) is 18.6. The minimum atomic E-state index is -0.131. The smallest absolute Gasteiger partial charge is 0.306 e. The van der Waals surface area contributed by atoms with Crippen molar-refractivity contribution in [3.63, 3.8) is 0 Å². The van der Waals surface area contributed by atoms with Gasteiger partial charge in [0.05, 0.1) is 25.0 Å². The van der Waals surface area contributed by atoms with Gasteiger partial charge in [-0.05, 0) is 39.5 Å². The molecule has 0 heterocycles. The van der Waals surface area contributed by atoms with Crippen LogP contribution in [0, 0.1) is 0 Å². The lowest BCUT2D eigenvalue weighted by Gasteiger charge is -2.13. The number of carbonyl (C=O) groups excluding carboxylic acids is 2. The molecule has 0 aliphatic rings. The highest BCUT2D eigenvalue weighted by atomic mass is 32.2. The van der Waals surface area contributed by atoms with Gasteiger partial charge in [0.15, 0.2) is 0 Å². The quantitative estimate of drug-likeness (QED) is 0.199. The van der Waals surface area contributed by atoms with Gasteiger partial charge < -0.3 is 9.47 Å². The fourth-order valence-corrected chi connectivity index (χ4v) is 3.64. The standard InChI is InChI=1S/C22H42O4S/c1-5-7-9-11-13-19(3)25-21(23)15-17-27-18-16-22(24)26-20(4)14-12-10-8-6-2/h19-20H,5-18H2,1-4H3/t19-,20-/m1/s1. The van der Waals surface area contributed by atoms with Crippen LogP contribution in [0.15, 0.2) is 0 Å². The highest BCUT2D eigenvalue weighted by Crippen LogP contribution is 2.12. The normalized spacial score (nSPS) is 13.2. The van der Waals surface area contributed by atoms with Gasteiger partial charge in [-0.25, -0.2) is 0 Å². The van der Waals surface area contributed by atoms with Gasteiger partial charge in [-0.2, -0.15) is 11.8 Å². The van der Waals surface area contributed by atoms with Crippen LogP contribution in [0.3, 0.4) is 0 Å². The number of ether oxygens (including phenoxy) is 2. The van der Waals surface area contributed by atoms with Gasteiger partial charge in [-0.15, -0.1) is 0 Å². The molecule has 160 valence electrons. The van der Waals surface area contributed by atoms with E-state index in [-0.39, 0.29) is 24.1 Å². The summed E-state index contributed by atoms with van der Waals surface area (Å²) in [5, 5.41) is 0. The molecule has 0 aliphatic heterocycles. The van der Waals surface area contributed by atoms with E-state index < -0.39 is 0 Å². The predicted molar refractivity (Wildman–Crippen MR) is 115 cm³/mol. The zero-order chi connectivity index (χ0) is 20.3. The van der Waals surface area contributed by atoms with E-state index in [0.29, 0.717) is 24.3 Å². The first-order valence-corrected chi connectivity index (χ1v) is 12.1.